The molecule has 0 saturated carbocycles. The molecule has 182 valence electrons. The molecule has 4 aromatic rings. The van der Waals surface area contributed by atoms with Gasteiger partial charge < -0.3 is 14.5 Å². The molecule has 6 nitrogen and oxygen atoms in total. The number of benzene rings is 3. The van der Waals surface area contributed by atoms with E-state index in [0.717, 1.165) is 37.4 Å². The second-order valence-corrected chi connectivity index (χ2v) is 8.69. The van der Waals surface area contributed by atoms with Gasteiger partial charge in [0.1, 0.15) is 5.82 Å². The van der Waals surface area contributed by atoms with Gasteiger partial charge in [0, 0.05) is 49.9 Å². The van der Waals surface area contributed by atoms with E-state index in [4.69, 9.17) is 9.72 Å². The first-order chi connectivity index (χ1) is 17.6. The second-order valence-electron chi connectivity index (χ2n) is 8.69. The van der Waals surface area contributed by atoms with Crippen molar-refractivity contribution < 1.29 is 13.9 Å². The monoisotopic (exact) mass is 482 g/mol. The van der Waals surface area contributed by atoms with Crippen LogP contribution >= 0.6 is 0 Å². The fourth-order valence-corrected chi connectivity index (χ4v) is 4.23. The number of nitrogens with zero attached hydrogens (tertiary/aromatic N) is 4. The molecule has 0 unspecified atom stereocenters. The van der Waals surface area contributed by atoms with E-state index < -0.39 is 0 Å². The van der Waals surface area contributed by atoms with Crippen molar-refractivity contribution in [3.63, 3.8) is 0 Å². The van der Waals surface area contributed by atoms with E-state index >= 15 is 0 Å². The van der Waals surface area contributed by atoms with Crippen LogP contribution in [0.4, 0.5) is 16.0 Å². The number of halogens is 1. The third kappa shape index (κ3) is 5.86. The minimum atomic E-state index is -0.383. The number of hydrogen-bond donors (Lipinski definition) is 0. The average Bonchev–Trinajstić information content (AvgIpc) is 2.93. The van der Waals surface area contributed by atoms with Gasteiger partial charge in [0.05, 0.1) is 5.69 Å². The summed E-state index contributed by atoms with van der Waals surface area (Å²) < 4.78 is 19.0. The van der Waals surface area contributed by atoms with Crippen LogP contribution in [0, 0.1) is 5.82 Å². The standard InChI is InChI=1S/C29H27FN4O2/c30-24-13-11-23(12-14-24)27(35)21-36-28-20-25(19-22-7-3-1-4-8-22)31-29(32-28)34-17-15-33(16-18-34)26-9-5-2-6-10-26/h1-14,20H,15-19,21H2. The lowest BCUT2D eigenvalue weighted by Gasteiger charge is -2.36. The van der Waals surface area contributed by atoms with Crippen LogP contribution in [-0.4, -0.2) is 48.5 Å². The Hall–Kier alpha value is -4.26. The van der Waals surface area contributed by atoms with Gasteiger partial charge >= 0.3 is 0 Å². The first-order valence-electron chi connectivity index (χ1n) is 12.0. The van der Waals surface area contributed by atoms with Crippen molar-refractivity contribution in [3.05, 3.63) is 114 Å². The maximum absolute atomic E-state index is 13.2. The van der Waals surface area contributed by atoms with Crippen LogP contribution in [0.3, 0.4) is 0 Å². The van der Waals surface area contributed by atoms with Crippen LogP contribution in [0.1, 0.15) is 21.6 Å². The molecule has 0 atom stereocenters. The van der Waals surface area contributed by atoms with Gasteiger partial charge in [0.25, 0.3) is 0 Å². The lowest BCUT2D eigenvalue weighted by molar-refractivity contribution is 0.0918. The summed E-state index contributed by atoms with van der Waals surface area (Å²) in [6.45, 7) is 3.08. The summed E-state index contributed by atoms with van der Waals surface area (Å²) in [5.41, 5.74) is 3.55. The highest BCUT2D eigenvalue weighted by atomic mass is 19.1. The minimum Gasteiger partial charge on any atom is -0.469 e. The molecule has 0 bridgehead atoms. The predicted molar refractivity (Wildman–Crippen MR) is 138 cm³/mol. The first-order valence-corrected chi connectivity index (χ1v) is 12.0. The largest absolute Gasteiger partial charge is 0.469 e. The van der Waals surface area contributed by atoms with Crippen LogP contribution in [0.25, 0.3) is 0 Å². The topological polar surface area (TPSA) is 58.6 Å². The molecule has 1 aromatic heterocycles. The number of ketones is 1. The second kappa shape index (κ2) is 11.0. The van der Waals surface area contributed by atoms with Gasteiger partial charge in [-0.3, -0.25) is 4.79 Å². The fraction of sp³-hybridized carbons (Fsp3) is 0.207. The molecule has 36 heavy (non-hydrogen) atoms. The third-order valence-electron chi connectivity index (χ3n) is 6.17. The number of para-hydroxylation sites is 1. The maximum atomic E-state index is 13.2. The molecular formula is C29H27FN4O2. The zero-order valence-corrected chi connectivity index (χ0v) is 19.9. The van der Waals surface area contributed by atoms with E-state index in [-0.39, 0.29) is 18.2 Å². The Labute approximate surface area is 210 Å². The van der Waals surface area contributed by atoms with E-state index in [1.54, 1.807) is 6.07 Å². The summed E-state index contributed by atoms with van der Waals surface area (Å²) in [4.78, 5) is 26.5. The van der Waals surface area contributed by atoms with Gasteiger partial charge in [-0.05, 0) is 42.0 Å². The van der Waals surface area contributed by atoms with Gasteiger partial charge in [-0.1, -0.05) is 48.5 Å². The lowest BCUT2D eigenvalue weighted by atomic mass is 10.1. The van der Waals surface area contributed by atoms with Crippen molar-refractivity contribution >= 4 is 17.4 Å². The zero-order valence-electron chi connectivity index (χ0n) is 19.9. The fourth-order valence-electron chi connectivity index (χ4n) is 4.23. The number of piperazine rings is 1. The number of ether oxygens (including phenoxy) is 1. The van der Waals surface area contributed by atoms with Gasteiger partial charge in [-0.25, -0.2) is 9.37 Å². The number of anilines is 2. The Morgan fingerprint density at radius 1 is 0.806 bits per heavy atom. The molecule has 7 heteroatoms. The van der Waals surface area contributed by atoms with E-state index in [1.807, 2.05) is 24.3 Å². The number of carbonyl (C=O) groups is 1. The van der Waals surface area contributed by atoms with E-state index in [0.29, 0.717) is 23.8 Å². The Balaban J connectivity index is 1.33. The lowest BCUT2D eigenvalue weighted by Crippen LogP contribution is -2.47. The summed E-state index contributed by atoms with van der Waals surface area (Å²) in [6.07, 6.45) is 0.628. The predicted octanol–water partition coefficient (Wildman–Crippen LogP) is 4.79. The minimum absolute atomic E-state index is 0.186. The molecule has 0 amide bonds. The molecule has 2 heterocycles. The highest BCUT2D eigenvalue weighted by Gasteiger charge is 2.21. The molecule has 3 aromatic carbocycles. The van der Waals surface area contributed by atoms with Crippen LogP contribution < -0.4 is 14.5 Å². The van der Waals surface area contributed by atoms with Crippen LogP contribution in [0.5, 0.6) is 5.88 Å². The van der Waals surface area contributed by atoms with Crippen LogP contribution in [0.15, 0.2) is 91.0 Å². The average molecular weight is 483 g/mol. The smallest absolute Gasteiger partial charge is 0.229 e. The van der Waals surface area contributed by atoms with Crippen molar-refractivity contribution in [1.82, 2.24) is 9.97 Å². The molecule has 1 aliphatic heterocycles. The van der Waals surface area contributed by atoms with Gasteiger partial charge in [0.2, 0.25) is 11.8 Å². The normalized spacial score (nSPS) is 13.5. The van der Waals surface area contributed by atoms with Crippen molar-refractivity contribution in [2.75, 3.05) is 42.6 Å². The zero-order chi connectivity index (χ0) is 24.7. The Kier molecular flexibility index (Phi) is 7.17. The Bertz CT molecular complexity index is 1290. The molecule has 0 N–H and O–H groups in total. The molecule has 1 aliphatic rings. The quantitative estimate of drug-likeness (QED) is 0.337. The number of rotatable bonds is 8. The molecule has 5 rings (SSSR count). The van der Waals surface area contributed by atoms with E-state index in [1.165, 1.54) is 30.0 Å². The Morgan fingerprint density at radius 3 is 2.14 bits per heavy atom. The van der Waals surface area contributed by atoms with Gasteiger partial charge in [-0.15, -0.1) is 0 Å². The van der Waals surface area contributed by atoms with Crippen molar-refractivity contribution in [2.45, 2.75) is 6.42 Å². The molecule has 0 aliphatic carbocycles. The Morgan fingerprint density at radius 2 is 1.44 bits per heavy atom. The van der Waals surface area contributed by atoms with E-state index in [9.17, 15) is 9.18 Å². The van der Waals surface area contributed by atoms with Crippen LogP contribution in [0.2, 0.25) is 0 Å². The first kappa shape index (κ1) is 23.5. The summed E-state index contributed by atoms with van der Waals surface area (Å²) in [5.74, 6) is 0.328. The summed E-state index contributed by atoms with van der Waals surface area (Å²) in [7, 11) is 0. The molecule has 1 fully saturated rings. The number of hydrogen-bond acceptors (Lipinski definition) is 6. The van der Waals surface area contributed by atoms with Crippen LogP contribution in [-0.2, 0) is 6.42 Å². The molecule has 1 saturated heterocycles. The molecule has 0 radical (unpaired) electrons. The number of carbonyl (C=O) groups excluding carboxylic acids is 1. The van der Waals surface area contributed by atoms with Gasteiger partial charge in [0.15, 0.2) is 12.4 Å². The summed E-state index contributed by atoms with van der Waals surface area (Å²) in [5, 5.41) is 0. The summed E-state index contributed by atoms with van der Waals surface area (Å²) in [6, 6.07) is 27.7. The highest BCUT2D eigenvalue weighted by Crippen LogP contribution is 2.22. The van der Waals surface area contributed by atoms with E-state index in [2.05, 4.69) is 51.2 Å². The SMILES string of the molecule is O=C(COc1cc(Cc2ccccc2)nc(N2CCN(c3ccccc3)CC2)n1)c1ccc(F)cc1. The van der Waals surface area contributed by atoms with Crippen molar-refractivity contribution in [2.24, 2.45) is 0 Å². The van der Waals surface area contributed by atoms with Crippen molar-refractivity contribution in [3.8, 4) is 5.88 Å². The van der Waals surface area contributed by atoms with Gasteiger partial charge in [-0.2, -0.15) is 4.98 Å². The number of Topliss-reactive ketones (excluding diaryl/α,β-unsaturated/α-hetero) is 1. The highest BCUT2D eigenvalue weighted by molar-refractivity contribution is 5.97. The maximum Gasteiger partial charge on any atom is 0.229 e. The third-order valence-corrected chi connectivity index (χ3v) is 6.17. The molecular weight excluding hydrogens is 455 g/mol. The number of aromatic nitrogens is 2. The van der Waals surface area contributed by atoms with Crippen molar-refractivity contribution in [1.29, 1.82) is 0 Å². The molecule has 0 spiro atoms. The summed E-state index contributed by atoms with van der Waals surface area (Å²) >= 11 is 0.